The van der Waals surface area contributed by atoms with Gasteiger partial charge in [-0.1, -0.05) is 36.1 Å². The van der Waals surface area contributed by atoms with Crippen LogP contribution in [0.15, 0.2) is 66.7 Å². The number of ether oxygens (including phenoxy) is 2. The monoisotopic (exact) mass is 445 g/mol. The molecule has 0 aliphatic carbocycles. The smallest absolute Gasteiger partial charge is 0.160 e. The lowest BCUT2D eigenvalue weighted by Crippen LogP contribution is -2.31. The summed E-state index contributed by atoms with van der Waals surface area (Å²) in [5.74, 6) is 7.68. The van der Waals surface area contributed by atoms with E-state index in [-0.39, 0.29) is 5.82 Å². The van der Waals surface area contributed by atoms with Crippen molar-refractivity contribution in [3.05, 3.63) is 94.8 Å². The van der Waals surface area contributed by atoms with Crippen LogP contribution in [0.1, 0.15) is 35.6 Å². The number of hydrogen-bond donors (Lipinski definition) is 0. The van der Waals surface area contributed by atoms with Crippen LogP contribution in [-0.2, 0) is 12.8 Å². The molecule has 0 amide bonds. The second kappa shape index (κ2) is 12.1. The molecule has 1 unspecified atom stereocenters. The van der Waals surface area contributed by atoms with Crippen molar-refractivity contribution < 1.29 is 13.9 Å². The first kappa shape index (κ1) is 24.4. The Labute approximate surface area is 197 Å². The third kappa shape index (κ3) is 7.10. The van der Waals surface area contributed by atoms with Crippen molar-refractivity contribution in [3.8, 4) is 23.3 Å². The van der Waals surface area contributed by atoms with Gasteiger partial charge in [-0.15, -0.1) is 0 Å². The molecular formula is C29H32FNO2. The number of methoxy groups -OCH3 is 2. The molecule has 33 heavy (non-hydrogen) atoms. The van der Waals surface area contributed by atoms with Gasteiger partial charge >= 0.3 is 0 Å². The van der Waals surface area contributed by atoms with Crippen LogP contribution >= 0.6 is 0 Å². The topological polar surface area (TPSA) is 21.7 Å². The molecule has 1 atom stereocenters. The Kier molecular flexibility index (Phi) is 8.92. The summed E-state index contributed by atoms with van der Waals surface area (Å²) in [6, 6.07) is 21.1. The van der Waals surface area contributed by atoms with Crippen molar-refractivity contribution in [1.82, 2.24) is 4.90 Å². The van der Waals surface area contributed by atoms with Gasteiger partial charge in [0.15, 0.2) is 11.5 Å². The molecule has 0 aliphatic rings. The van der Waals surface area contributed by atoms with Crippen LogP contribution in [0.3, 0.4) is 0 Å². The maximum absolute atomic E-state index is 13.9. The molecule has 4 heteroatoms. The van der Waals surface area contributed by atoms with E-state index < -0.39 is 0 Å². The van der Waals surface area contributed by atoms with Gasteiger partial charge in [0.1, 0.15) is 5.82 Å². The quantitative estimate of drug-likeness (QED) is 0.392. The van der Waals surface area contributed by atoms with Crippen LogP contribution in [0.2, 0.25) is 0 Å². The van der Waals surface area contributed by atoms with Crippen molar-refractivity contribution in [1.29, 1.82) is 0 Å². The molecule has 0 heterocycles. The fourth-order valence-corrected chi connectivity index (χ4v) is 3.70. The second-order valence-electron chi connectivity index (χ2n) is 8.23. The number of rotatable bonds is 9. The maximum atomic E-state index is 13.9. The standard InChI is InChI=1S/C29H32FNO2/c1-22(31(2)19-18-24-12-17-28(32-3)29(20-24)33-4)10-13-26-21-27(30)16-15-25(26)14-11-23-8-6-5-7-9-23/h5-9,12,15-17,20-22H,10,13,18-19H2,1-4H3. The fraction of sp³-hybridized carbons (Fsp3) is 0.310. The summed E-state index contributed by atoms with van der Waals surface area (Å²) in [7, 11) is 5.43. The van der Waals surface area contributed by atoms with Crippen LogP contribution in [0.5, 0.6) is 11.5 Å². The van der Waals surface area contributed by atoms with E-state index in [2.05, 4.69) is 36.8 Å². The van der Waals surface area contributed by atoms with Gasteiger partial charge in [-0.25, -0.2) is 4.39 Å². The first-order chi connectivity index (χ1) is 16.0. The Balaban J connectivity index is 1.59. The van der Waals surface area contributed by atoms with Crippen molar-refractivity contribution in [3.63, 3.8) is 0 Å². The molecule has 0 spiro atoms. The number of nitrogens with zero attached hydrogens (tertiary/aromatic N) is 1. The average molecular weight is 446 g/mol. The van der Waals surface area contributed by atoms with E-state index in [1.54, 1.807) is 26.4 Å². The summed E-state index contributed by atoms with van der Waals surface area (Å²) < 4.78 is 24.7. The summed E-state index contributed by atoms with van der Waals surface area (Å²) in [6.07, 6.45) is 2.61. The summed E-state index contributed by atoms with van der Waals surface area (Å²) in [4.78, 5) is 2.34. The number of hydrogen-bond acceptors (Lipinski definition) is 3. The average Bonchev–Trinajstić information content (AvgIpc) is 2.85. The molecule has 3 rings (SSSR count). The van der Waals surface area contributed by atoms with Crippen LogP contribution in [0.25, 0.3) is 0 Å². The lowest BCUT2D eigenvalue weighted by Gasteiger charge is -2.25. The van der Waals surface area contributed by atoms with E-state index >= 15 is 0 Å². The van der Waals surface area contributed by atoms with Crippen molar-refractivity contribution >= 4 is 0 Å². The minimum Gasteiger partial charge on any atom is -0.493 e. The molecule has 0 aromatic heterocycles. The number of halogens is 1. The molecule has 0 saturated carbocycles. The second-order valence-corrected chi connectivity index (χ2v) is 8.23. The zero-order valence-corrected chi connectivity index (χ0v) is 19.9. The van der Waals surface area contributed by atoms with E-state index in [0.29, 0.717) is 6.04 Å². The first-order valence-electron chi connectivity index (χ1n) is 11.3. The van der Waals surface area contributed by atoms with Gasteiger partial charge in [-0.3, -0.25) is 0 Å². The summed E-state index contributed by atoms with van der Waals surface area (Å²) in [6.45, 7) is 3.13. The van der Waals surface area contributed by atoms with E-state index in [0.717, 1.165) is 54.0 Å². The highest BCUT2D eigenvalue weighted by molar-refractivity contribution is 5.47. The Bertz CT molecular complexity index is 1100. The van der Waals surface area contributed by atoms with Crippen molar-refractivity contribution in [2.24, 2.45) is 0 Å². The number of benzene rings is 3. The number of likely N-dealkylation sites (N-methyl/N-ethyl adjacent to an activating group) is 1. The maximum Gasteiger partial charge on any atom is 0.160 e. The zero-order chi connectivity index (χ0) is 23.6. The van der Waals surface area contributed by atoms with E-state index in [9.17, 15) is 4.39 Å². The largest absolute Gasteiger partial charge is 0.493 e. The molecule has 3 nitrogen and oxygen atoms in total. The van der Waals surface area contributed by atoms with Crippen LogP contribution in [-0.4, -0.2) is 38.8 Å². The Morgan fingerprint density at radius 1 is 0.879 bits per heavy atom. The van der Waals surface area contributed by atoms with Crippen LogP contribution in [0, 0.1) is 17.7 Å². The Morgan fingerprint density at radius 3 is 2.36 bits per heavy atom. The molecule has 0 aliphatic heterocycles. The molecule has 0 saturated heterocycles. The molecule has 3 aromatic rings. The normalized spacial score (nSPS) is 11.6. The van der Waals surface area contributed by atoms with Gasteiger partial charge in [-0.2, -0.15) is 0 Å². The predicted octanol–water partition coefficient (Wildman–Crippen LogP) is 5.74. The SMILES string of the molecule is COc1ccc(CCN(C)C(C)CCc2cc(F)ccc2C#Cc2ccccc2)cc1OC. The minimum absolute atomic E-state index is 0.218. The van der Waals surface area contributed by atoms with Gasteiger partial charge in [-0.05, 0) is 86.8 Å². The van der Waals surface area contributed by atoms with Crippen molar-refractivity contribution in [2.75, 3.05) is 27.8 Å². The molecule has 0 bridgehead atoms. The van der Waals surface area contributed by atoms with Crippen LogP contribution in [0.4, 0.5) is 4.39 Å². The molecule has 0 N–H and O–H groups in total. The van der Waals surface area contributed by atoms with Gasteiger partial charge in [0.25, 0.3) is 0 Å². The van der Waals surface area contributed by atoms with E-state index in [4.69, 9.17) is 9.47 Å². The molecule has 0 fully saturated rings. The first-order valence-corrected chi connectivity index (χ1v) is 11.3. The van der Waals surface area contributed by atoms with Crippen LogP contribution < -0.4 is 9.47 Å². The van der Waals surface area contributed by atoms with Gasteiger partial charge in [0.2, 0.25) is 0 Å². The summed E-state index contributed by atoms with van der Waals surface area (Å²) in [5, 5.41) is 0. The number of aryl methyl sites for hydroxylation is 1. The third-order valence-electron chi connectivity index (χ3n) is 5.97. The van der Waals surface area contributed by atoms with E-state index in [1.165, 1.54) is 11.6 Å². The summed E-state index contributed by atoms with van der Waals surface area (Å²) >= 11 is 0. The molecular weight excluding hydrogens is 413 g/mol. The van der Waals surface area contributed by atoms with E-state index in [1.807, 2.05) is 42.5 Å². The fourth-order valence-electron chi connectivity index (χ4n) is 3.70. The van der Waals surface area contributed by atoms with Crippen molar-refractivity contribution in [2.45, 2.75) is 32.2 Å². The lowest BCUT2D eigenvalue weighted by atomic mass is 9.99. The predicted molar refractivity (Wildman–Crippen MR) is 132 cm³/mol. The molecule has 0 radical (unpaired) electrons. The Hall–Kier alpha value is -3.29. The Morgan fingerprint density at radius 2 is 1.64 bits per heavy atom. The van der Waals surface area contributed by atoms with Gasteiger partial charge < -0.3 is 14.4 Å². The third-order valence-corrected chi connectivity index (χ3v) is 5.97. The summed E-state index contributed by atoms with van der Waals surface area (Å²) in [5.41, 5.74) is 4.00. The zero-order valence-electron chi connectivity index (χ0n) is 19.9. The molecule has 172 valence electrons. The molecule has 3 aromatic carbocycles. The highest BCUT2D eigenvalue weighted by atomic mass is 19.1. The van der Waals surface area contributed by atoms with Gasteiger partial charge in [0.05, 0.1) is 14.2 Å². The minimum atomic E-state index is -0.218. The highest BCUT2D eigenvalue weighted by Gasteiger charge is 2.12. The van der Waals surface area contributed by atoms with Gasteiger partial charge in [0, 0.05) is 23.7 Å². The lowest BCUT2D eigenvalue weighted by molar-refractivity contribution is 0.249. The highest BCUT2D eigenvalue weighted by Crippen LogP contribution is 2.27.